The summed E-state index contributed by atoms with van der Waals surface area (Å²) >= 11 is 0. The van der Waals surface area contributed by atoms with Crippen LogP contribution in [-0.2, 0) is 0 Å². The van der Waals surface area contributed by atoms with Crippen molar-refractivity contribution in [3.8, 4) is 5.75 Å². The third kappa shape index (κ3) is 5.45. The summed E-state index contributed by atoms with van der Waals surface area (Å²) < 4.78 is 5.35. The first-order chi connectivity index (χ1) is 15.3. The van der Waals surface area contributed by atoms with E-state index in [-0.39, 0.29) is 24.8 Å². The minimum absolute atomic E-state index is 0.00243. The molecule has 0 saturated carbocycles. The van der Waals surface area contributed by atoms with Crippen molar-refractivity contribution in [1.82, 2.24) is 10.2 Å². The van der Waals surface area contributed by atoms with E-state index < -0.39 is 8.07 Å². The number of urea groups is 1. The number of amides is 2. The van der Waals surface area contributed by atoms with E-state index in [1.54, 1.807) is 12.0 Å². The Balaban J connectivity index is 1.96. The van der Waals surface area contributed by atoms with E-state index in [4.69, 9.17) is 4.74 Å². The quantitative estimate of drug-likeness (QED) is 0.483. The van der Waals surface area contributed by atoms with Gasteiger partial charge in [0.2, 0.25) is 0 Å². The predicted molar refractivity (Wildman–Crippen MR) is 134 cm³/mol. The fraction of sp³-hybridized carbons (Fsp3) is 0.480. The Bertz CT molecular complexity index is 898. The molecule has 1 aliphatic heterocycles. The number of aliphatic hydroxyl groups is 1. The van der Waals surface area contributed by atoms with Gasteiger partial charge in [-0.05, 0) is 61.7 Å². The summed E-state index contributed by atoms with van der Waals surface area (Å²) in [5, 5.41) is 14.3. The number of methoxy groups -OCH3 is 1. The van der Waals surface area contributed by atoms with E-state index in [2.05, 4.69) is 54.1 Å². The van der Waals surface area contributed by atoms with Crippen molar-refractivity contribution < 1.29 is 14.6 Å². The third-order valence-corrected chi connectivity index (χ3v) is 8.18. The van der Waals surface area contributed by atoms with Gasteiger partial charge in [-0.1, -0.05) is 37.8 Å². The molecule has 1 fully saturated rings. The smallest absolute Gasteiger partial charge is 0.319 e. The van der Waals surface area contributed by atoms with Crippen LogP contribution in [0.5, 0.6) is 5.75 Å². The fourth-order valence-electron chi connectivity index (χ4n) is 4.42. The molecule has 2 aromatic rings. The zero-order valence-electron chi connectivity index (χ0n) is 20.0. The molecule has 32 heavy (non-hydrogen) atoms. The second kappa shape index (κ2) is 10.4. The lowest BCUT2D eigenvalue weighted by Gasteiger charge is -2.39. The van der Waals surface area contributed by atoms with Crippen LogP contribution < -0.4 is 20.1 Å². The lowest BCUT2D eigenvalue weighted by molar-refractivity contribution is 0.107. The number of ether oxygens (including phenoxy) is 1. The minimum atomic E-state index is -1.65. The Morgan fingerprint density at radius 3 is 2.50 bits per heavy atom. The summed E-state index contributed by atoms with van der Waals surface area (Å²) in [6.45, 7) is 9.70. The van der Waals surface area contributed by atoms with Crippen molar-refractivity contribution in [2.24, 2.45) is 0 Å². The number of carbonyl (C=O) groups excluding carboxylic acids is 1. The zero-order valence-corrected chi connectivity index (χ0v) is 21.0. The summed E-state index contributed by atoms with van der Waals surface area (Å²) in [5.41, 5.74) is 2.10. The molecule has 0 bridgehead atoms. The van der Waals surface area contributed by atoms with Crippen molar-refractivity contribution in [3.63, 3.8) is 0 Å². The van der Waals surface area contributed by atoms with E-state index >= 15 is 0 Å². The topological polar surface area (TPSA) is 65.0 Å². The molecule has 3 rings (SSSR count). The van der Waals surface area contributed by atoms with Crippen LogP contribution in [0.1, 0.15) is 26.2 Å². The fourth-order valence-corrected chi connectivity index (χ4v) is 5.98. The van der Waals surface area contributed by atoms with E-state index in [0.717, 1.165) is 36.4 Å². The number of hydrogen-bond donors (Lipinski definition) is 2. The Morgan fingerprint density at radius 2 is 1.88 bits per heavy atom. The zero-order chi connectivity index (χ0) is 23.3. The SMILES string of the molecule is COc1ccc(N(c2ccccc2[Si](C)(C)C)C(C)NC(=O)N2CCCCC2CO)cc1. The van der Waals surface area contributed by atoms with Crippen molar-refractivity contribution >= 4 is 30.7 Å². The number of nitrogens with one attached hydrogen (secondary N) is 1. The van der Waals surface area contributed by atoms with E-state index in [9.17, 15) is 9.90 Å². The molecule has 2 unspecified atom stereocenters. The van der Waals surface area contributed by atoms with Crippen LogP contribution >= 0.6 is 0 Å². The molecule has 0 aliphatic carbocycles. The van der Waals surface area contributed by atoms with Gasteiger partial charge in [-0.15, -0.1) is 0 Å². The number of anilines is 2. The van der Waals surface area contributed by atoms with Crippen molar-refractivity contribution in [3.05, 3.63) is 48.5 Å². The molecule has 0 aromatic heterocycles. The van der Waals surface area contributed by atoms with E-state index in [0.29, 0.717) is 6.54 Å². The summed E-state index contributed by atoms with van der Waals surface area (Å²) in [7, 11) is 0.0103. The Kier molecular flexibility index (Phi) is 7.85. The van der Waals surface area contributed by atoms with Crippen LogP contribution in [-0.4, -0.2) is 56.6 Å². The number of para-hydroxylation sites is 1. The van der Waals surface area contributed by atoms with Crippen LogP contribution in [0.4, 0.5) is 16.2 Å². The molecule has 7 heteroatoms. The summed E-state index contributed by atoms with van der Waals surface area (Å²) in [4.78, 5) is 17.2. The average molecular weight is 456 g/mol. The van der Waals surface area contributed by atoms with Gasteiger partial charge in [-0.2, -0.15) is 0 Å². The van der Waals surface area contributed by atoms with Gasteiger partial charge in [0, 0.05) is 17.9 Å². The number of hydrogen-bond acceptors (Lipinski definition) is 4. The maximum absolute atomic E-state index is 13.2. The maximum Gasteiger partial charge on any atom is 0.319 e. The van der Waals surface area contributed by atoms with Crippen LogP contribution in [0.25, 0.3) is 0 Å². The first kappa shape index (κ1) is 24.1. The van der Waals surface area contributed by atoms with E-state index in [1.165, 1.54) is 5.19 Å². The largest absolute Gasteiger partial charge is 0.497 e. The van der Waals surface area contributed by atoms with Gasteiger partial charge in [0.1, 0.15) is 11.9 Å². The van der Waals surface area contributed by atoms with Crippen molar-refractivity contribution in [2.75, 3.05) is 25.2 Å². The molecule has 1 aliphatic rings. The van der Waals surface area contributed by atoms with Crippen LogP contribution in [0.3, 0.4) is 0 Å². The minimum Gasteiger partial charge on any atom is -0.497 e. The Hall–Kier alpha value is -2.51. The third-order valence-electron chi connectivity index (χ3n) is 6.14. The molecule has 1 heterocycles. The van der Waals surface area contributed by atoms with Crippen molar-refractivity contribution in [1.29, 1.82) is 0 Å². The molecule has 6 nitrogen and oxygen atoms in total. The Labute approximate surface area is 193 Å². The molecular formula is C25H37N3O3Si. The number of rotatable bonds is 7. The molecule has 2 aromatic carbocycles. The number of nitrogens with zero attached hydrogens (tertiary/aromatic N) is 2. The highest BCUT2D eigenvalue weighted by Gasteiger charge is 2.30. The molecular weight excluding hydrogens is 418 g/mol. The summed E-state index contributed by atoms with van der Waals surface area (Å²) in [6.07, 6.45) is 2.58. The number of aliphatic hydroxyl groups excluding tert-OH is 1. The van der Waals surface area contributed by atoms with Gasteiger partial charge in [0.05, 0.1) is 27.8 Å². The molecule has 0 radical (unpaired) electrons. The normalized spacial score (nSPS) is 17.6. The highest BCUT2D eigenvalue weighted by Crippen LogP contribution is 2.29. The van der Waals surface area contributed by atoms with Gasteiger partial charge in [-0.3, -0.25) is 0 Å². The predicted octanol–water partition coefficient (Wildman–Crippen LogP) is 4.28. The molecule has 1 saturated heterocycles. The summed E-state index contributed by atoms with van der Waals surface area (Å²) in [5.74, 6) is 0.794. The van der Waals surface area contributed by atoms with Crippen LogP contribution in [0.2, 0.25) is 19.6 Å². The standard InChI is InChI=1S/C25H37N3O3Si/c1-19(26-25(30)27-17-9-8-10-21(27)18-29)28(20-13-15-22(31-2)16-14-20)23-11-6-7-12-24(23)32(3,4)5/h6-7,11-16,19,21,29H,8-10,17-18H2,1-5H3,(H,26,30). The van der Waals surface area contributed by atoms with Crippen molar-refractivity contribution in [2.45, 2.75) is 58.0 Å². The van der Waals surface area contributed by atoms with Gasteiger partial charge >= 0.3 is 6.03 Å². The van der Waals surface area contributed by atoms with Gasteiger partial charge in [0.15, 0.2) is 0 Å². The van der Waals surface area contributed by atoms with E-state index in [1.807, 2.05) is 31.2 Å². The molecule has 0 spiro atoms. The van der Waals surface area contributed by atoms with Gasteiger partial charge in [0.25, 0.3) is 0 Å². The second-order valence-electron chi connectivity index (χ2n) is 9.49. The Morgan fingerprint density at radius 1 is 1.19 bits per heavy atom. The van der Waals surface area contributed by atoms with Crippen LogP contribution in [0, 0.1) is 0 Å². The molecule has 174 valence electrons. The second-order valence-corrected chi connectivity index (χ2v) is 14.5. The summed E-state index contributed by atoms with van der Waals surface area (Å²) in [6, 6.07) is 16.2. The first-order valence-electron chi connectivity index (χ1n) is 11.5. The first-order valence-corrected chi connectivity index (χ1v) is 15.0. The molecule has 2 amide bonds. The van der Waals surface area contributed by atoms with Crippen LogP contribution in [0.15, 0.2) is 48.5 Å². The number of piperidine rings is 1. The highest BCUT2D eigenvalue weighted by atomic mass is 28.3. The number of carbonyl (C=O) groups is 1. The molecule has 2 atom stereocenters. The van der Waals surface area contributed by atoms with Gasteiger partial charge in [-0.25, -0.2) is 4.79 Å². The average Bonchev–Trinajstić information content (AvgIpc) is 2.79. The highest BCUT2D eigenvalue weighted by molar-refractivity contribution is 6.89. The lowest BCUT2D eigenvalue weighted by Crippen LogP contribution is -2.55. The number of likely N-dealkylation sites (tertiary alicyclic amines) is 1. The number of benzene rings is 2. The lowest BCUT2D eigenvalue weighted by atomic mass is 10.0. The monoisotopic (exact) mass is 455 g/mol. The molecule has 2 N–H and O–H groups in total. The van der Waals surface area contributed by atoms with Gasteiger partial charge < -0.3 is 25.0 Å². The maximum atomic E-state index is 13.2.